The number of benzene rings is 1. The molecule has 0 atom stereocenters. The molecule has 0 bridgehead atoms. The highest BCUT2D eigenvalue weighted by Crippen LogP contribution is 2.21. The number of hydrogen-bond donors (Lipinski definition) is 1. The summed E-state index contributed by atoms with van der Waals surface area (Å²) in [5, 5.41) is 8.53. The second-order valence-electron chi connectivity index (χ2n) is 2.47. The van der Waals surface area contributed by atoms with E-state index in [2.05, 4.69) is 22.6 Å². The van der Waals surface area contributed by atoms with E-state index in [1.807, 2.05) is 0 Å². The standard InChI is InChI=1S/C9H9IO3/c1-6(12)7-2-3-9(13-5-11)8(10)4-7/h2-4,11H,5H2,1H3. The maximum atomic E-state index is 11.0. The van der Waals surface area contributed by atoms with Gasteiger partial charge in [0.15, 0.2) is 12.6 Å². The minimum atomic E-state index is -0.352. The van der Waals surface area contributed by atoms with Crippen LogP contribution in [0.1, 0.15) is 17.3 Å². The van der Waals surface area contributed by atoms with Gasteiger partial charge in [-0.2, -0.15) is 0 Å². The van der Waals surface area contributed by atoms with Crippen LogP contribution in [0, 0.1) is 3.57 Å². The molecule has 0 radical (unpaired) electrons. The first-order valence-corrected chi connectivity index (χ1v) is 4.77. The van der Waals surface area contributed by atoms with Crippen molar-refractivity contribution in [3.8, 4) is 5.75 Å². The average Bonchev–Trinajstić information content (AvgIpc) is 2.08. The van der Waals surface area contributed by atoms with Crippen LogP contribution in [-0.2, 0) is 0 Å². The summed E-state index contributed by atoms with van der Waals surface area (Å²) in [6.45, 7) is 1.16. The second kappa shape index (κ2) is 4.57. The van der Waals surface area contributed by atoms with Crippen molar-refractivity contribution in [3.63, 3.8) is 0 Å². The van der Waals surface area contributed by atoms with Gasteiger partial charge in [-0.3, -0.25) is 4.79 Å². The molecule has 3 nitrogen and oxygen atoms in total. The van der Waals surface area contributed by atoms with E-state index < -0.39 is 0 Å². The van der Waals surface area contributed by atoms with Crippen LogP contribution in [0.25, 0.3) is 0 Å². The quantitative estimate of drug-likeness (QED) is 0.525. The molecule has 0 aliphatic rings. The highest BCUT2D eigenvalue weighted by Gasteiger charge is 2.04. The van der Waals surface area contributed by atoms with Gasteiger partial charge in [0.05, 0.1) is 3.57 Å². The Kier molecular flexibility index (Phi) is 3.68. The first-order chi connectivity index (χ1) is 6.15. The zero-order chi connectivity index (χ0) is 9.84. The smallest absolute Gasteiger partial charge is 0.186 e. The molecule has 0 aliphatic carbocycles. The van der Waals surface area contributed by atoms with Gasteiger partial charge in [-0.25, -0.2) is 0 Å². The lowest BCUT2D eigenvalue weighted by Gasteiger charge is -2.05. The molecular formula is C9H9IO3. The fourth-order valence-electron chi connectivity index (χ4n) is 0.906. The van der Waals surface area contributed by atoms with E-state index in [4.69, 9.17) is 9.84 Å². The Labute approximate surface area is 89.9 Å². The van der Waals surface area contributed by atoms with Gasteiger partial charge in [0.2, 0.25) is 0 Å². The lowest BCUT2D eigenvalue weighted by atomic mass is 10.1. The SMILES string of the molecule is CC(=O)c1ccc(OCO)c(I)c1. The van der Waals surface area contributed by atoms with Crippen molar-refractivity contribution < 1.29 is 14.6 Å². The van der Waals surface area contributed by atoms with Gasteiger partial charge in [-0.05, 0) is 47.7 Å². The number of rotatable bonds is 3. The fraction of sp³-hybridized carbons (Fsp3) is 0.222. The van der Waals surface area contributed by atoms with E-state index in [0.29, 0.717) is 11.3 Å². The summed E-state index contributed by atoms with van der Waals surface area (Å²) in [7, 11) is 0. The number of hydrogen-bond acceptors (Lipinski definition) is 3. The largest absolute Gasteiger partial charge is 0.467 e. The maximum Gasteiger partial charge on any atom is 0.186 e. The van der Waals surface area contributed by atoms with Gasteiger partial charge < -0.3 is 9.84 Å². The van der Waals surface area contributed by atoms with E-state index >= 15 is 0 Å². The van der Waals surface area contributed by atoms with Crippen molar-refractivity contribution in [2.45, 2.75) is 6.92 Å². The molecule has 0 fully saturated rings. The van der Waals surface area contributed by atoms with E-state index in [9.17, 15) is 4.79 Å². The first-order valence-electron chi connectivity index (χ1n) is 3.69. The molecule has 0 spiro atoms. The Morgan fingerprint density at radius 3 is 2.77 bits per heavy atom. The predicted molar refractivity (Wildman–Crippen MR) is 56.9 cm³/mol. The number of carbonyl (C=O) groups is 1. The van der Waals surface area contributed by atoms with Crippen molar-refractivity contribution >= 4 is 28.4 Å². The van der Waals surface area contributed by atoms with Crippen LogP contribution in [0.2, 0.25) is 0 Å². The van der Waals surface area contributed by atoms with Gasteiger partial charge in [0.1, 0.15) is 5.75 Å². The molecule has 1 rings (SSSR count). The summed E-state index contributed by atoms with van der Waals surface area (Å²) in [6, 6.07) is 5.08. The van der Waals surface area contributed by atoms with Crippen molar-refractivity contribution in [2.75, 3.05) is 6.79 Å². The molecule has 0 saturated heterocycles. The number of halogens is 1. The summed E-state index contributed by atoms with van der Waals surface area (Å²) in [5.74, 6) is 0.613. The molecule has 0 unspecified atom stereocenters. The lowest BCUT2D eigenvalue weighted by molar-refractivity contribution is 0.0976. The Balaban J connectivity index is 2.98. The fourth-order valence-corrected chi connectivity index (χ4v) is 1.58. The van der Waals surface area contributed by atoms with Gasteiger partial charge in [0.25, 0.3) is 0 Å². The Bertz CT molecular complexity index is 323. The number of ketones is 1. The minimum absolute atomic E-state index is 0.0217. The Morgan fingerprint density at radius 1 is 1.62 bits per heavy atom. The maximum absolute atomic E-state index is 11.0. The third-order valence-corrected chi connectivity index (χ3v) is 2.40. The molecule has 4 heteroatoms. The molecular weight excluding hydrogens is 283 g/mol. The Morgan fingerprint density at radius 2 is 2.31 bits per heavy atom. The zero-order valence-electron chi connectivity index (χ0n) is 7.08. The number of Topliss-reactive ketones (excluding diaryl/α,β-unsaturated/α-hetero) is 1. The van der Waals surface area contributed by atoms with Crippen LogP contribution in [0.3, 0.4) is 0 Å². The molecule has 0 heterocycles. The highest BCUT2D eigenvalue weighted by molar-refractivity contribution is 14.1. The topological polar surface area (TPSA) is 46.5 Å². The van der Waals surface area contributed by atoms with E-state index in [-0.39, 0.29) is 12.6 Å². The molecule has 0 aliphatic heterocycles. The average molecular weight is 292 g/mol. The normalized spacial score (nSPS) is 9.77. The van der Waals surface area contributed by atoms with Crippen LogP contribution in [0.5, 0.6) is 5.75 Å². The molecule has 13 heavy (non-hydrogen) atoms. The number of carbonyl (C=O) groups excluding carboxylic acids is 1. The molecule has 70 valence electrons. The third-order valence-electron chi connectivity index (χ3n) is 1.56. The van der Waals surface area contributed by atoms with Crippen LogP contribution < -0.4 is 4.74 Å². The first kappa shape index (κ1) is 10.5. The van der Waals surface area contributed by atoms with E-state index in [0.717, 1.165) is 3.57 Å². The minimum Gasteiger partial charge on any atom is -0.467 e. The summed E-state index contributed by atoms with van der Waals surface area (Å²) in [5.41, 5.74) is 0.648. The molecule has 0 amide bonds. The number of aliphatic hydroxyl groups is 1. The van der Waals surface area contributed by atoms with Gasteiger partial charge in [-0.15, -0.1) is 0 Å². The van der Waals surface area contributed by atoms with Crippen LogP contribution in [-0.4, -0.2) is 17.7 Å². The molecule has 1 aromatic rings. The number of ether oxygens (including phenoxy) is 1. The van der Waals surface area contributed by atoms with Crippen LogP contribution in [0.15, 0.2) is 18.2 Å². The van der Waals surface area contributed by atoms with Gasteiger partial charge >= 0.3 is 0 Å². The molecule has 1 aromatic carbocycles. The summed E-state index contributed by atoms with van der Waals surface area (Å²) in [4.78, 5) is 11.0. The second-order valence-corrected chi connectivity index (χ2v) is 3.64. The van der Waals surface area contributed by atoms with Crippen LogP contribution >= 0.6 is 22.6 Å². The predicted octanol–water partition coefficient (Wildman–Crippen LogP) is 1.82. The zero-order valence-corrected chi connectivity index (χ0v) is 9.24. The molecule has 1 N–H and O–H groups in total. The molecule has 0 aromatic heterocycles. The van der Waals surface area contributed by atoms with E-state index in [1.165, 1.54) is 6.92 Å². The van der Waals surface area contributed by atoms with Crippen LogP contribution in [0.4, 0.5) is 0 Å². The van der Waals surface area contributed by atoms with Crippen molar-refractivity contribution in [2.24, 2.45) is 0 Å². The third kappa shape index (κ3) is 2.67. The van der Waals surface area contributed by atoms with Crippen molar-refractivity contribution in [3.05, 3.63) is 27.3 Å². The van der Waals surface area contributed by atoms with Crippen molar-refractivity contribution in [1.82, 2.24) is 0 Å². The molecule has 0 saturated carbocycles. The summed E-state index contributed by atoms with van der Waals surface area (Å²) in [6.07, 6.45) is 0. The highest BCUT2D eigenvalue weighted by atomic mass is 127. The lowest BCUT2D eigenvalue weighted by Crippen LogP contribution is -1.98. The monoisotopic (exact) mass is 292 g/mol. The van der Waals surface area contributed by atoms with Gasteiger partial charge in [-0.1, -0.05) is 0 Å². The van der Waals surface area contributed by atoms with Gasteiger partial charge in [0, 0.05) is 5.56 Å². The summed E-state index contributed by atoms with van der Waals surface area (Å²) < 4.78 is 5.73. The van der Waals surface area contributed by atoms with Crippen molar-refractivity contribution in [1.29, 1.82) is 0 Å². The van der Waals surface area contributed by atoms with E-state index in [1.54, 1.807) is 18.2 Å². The summed E-state index contributed by atoms with van der Waals surface area (Å²) >= 11 is 2.05. The number of aliphatic hydroxyl groups excluding tert-OH is 1. The Hall–Kier alpha value is -0.620.